The number of hydrogen-bond donors (Lipinski definition) is 2. The summed E-state index contributed by atoms with van der Waals surface area (Å²) in [5.74, 6) is 0. The van der Waals surface area contributed by atoms with Crippen LogP contribution in [0.2, 0.25) is 0 Å². The van der Waals surface area contributed by atoms with Gasteiger partial charge < -0.3 is 4.98 Å². The van der Waals surface area contributed by atoms with Crippen molar-refractivity contribution in [1.82, 2.24) is 20.2 Å². The number of allylic oxidation sites excluding steroid dienone is 1. The minimum absolute atomic E-state index is 1.06. The summed E-state index contributed by atoms with van der Waals surface area (Å²) in [4.78, 5) is 7.22. The zero-order valence-electron chi connectivity index (χ0n) is 11.9. The third-order valence-electron chi connectivity index (χ3n) is 4.11. The molecule has 0 aliphatic heterocycles. The number of H-pyrrole nitrogens is 2. The standard InChI is InChI=1S/C17H16N4/c1-11-17(9-20-21-11)14-5-3-12-2-4-13(16(12)7-14)6-15-8-18-10-19-15/h3,5-10H,2,4H2,1H3,(H,18,19)(H,20,21). The highest BCUT2D eigenvalue weighted by atomic mass is 15.1. The van der Waals surface area contributed by atoms with Crippen molar-refractivity contribution < 1.29 is 0 Å². The van der Waals surface area contributed by atoms with Crippen molar-refractivity contribution in [2.45, 2.75) is 19.8 Å². The third-order valence-corrected chi connectivity index (χ3v) is 4.11. The molecule has 21 heavy (non-hydrogen) atoms. The average molecular weight is 276 g/mol. The second-order valence-electron chi connectivity index (χ2n) is 5.46. The van der Waals surface area contributed by atoms with E-state index in [4.69, 9.17) is 0 Å². The number of nitrogens with zero attached hydrogens (tertiary/aromatic N) is 2. The molecule has 0 amide bonds. The number of benzene rings is 1. The quantitative estimate of drug-likeness (QED) is 0.751. The van der Waals surface area contributed by atoms with E-state index >= 15 is 0 Å². The van der Waals surface area contributed by atoms with Crippen LogP contribution in [0.15, 0.2) is 36.9 Å². The SMILES string of the molecule is Cc1[nH]ncc1-c1ccc2c(c1)C(=Cc1cnc[nH]1)CC2. The lowest BCUT2D eigenvalue weighted by Crippen LogP contribution is -1.85. The van der Waals surface area contributed by atoms with Gasteiger partial charge in [0.1, 0.15) is 0 Å². The van der Waals surface area contributed by atoms with Crippen molar-refractivity contribution >= 4 is 11.6 Å². The highest BCUT2D eigenvalue weighted by molar-refractivity contribution is 5.86. The number of imidazole rings is 1. The van der Waals surface area contributed by atoms with E-state index in [1.807, 2.05) is 12.4 Å². The number of rotatable bonds is 2. The van der Waals surface area contributed by atoms with Gasteiger partial charge in [-0.1, -0.05) is 12.1 Å². The van der Waals surface area contributed by atoms with Crippen LogP contribution in [0.4, 0.5) is 0 Å². The van der Waals surface area contributed by atoms with Gasteiger partial charge in [0.05, 0.1) is 24.4 Å². The maximum absolute atomic E-state index is 4.12. The number of hydrogen-bond acceptors (Lipinski definition) is 2. The van der Waals surface area contributed by atoms with Gasteiger partial charge in [0.15, 0.2) is 0 Å². The fraction of sp³-hybridized carbons (Fsp3) is 0.176. The number of aromatic nitrogens is 4. The van der Waals surface area contributed by atoms with Gasteiger partial charge >= 0.3 is 0 Å². The maximum atomic E-state index is 4.12. The first kappa shape index (κ1) is 12.1. The Kier molecular flexibility index (Phi) is 2.74. The first-order chi connectivity index (χ1) is 10.3. The lowest BCUT2D eigenvalue weighted by molar-refractivity contribution is 1.05. The number of fused-ring (bicyclic) bond motifs is 1. The summed E-state index contributed by atoms with van der Waals surface area (Å²) in [6, 6.07) is 6.71. The van der Waals surface area contributed by atoms with Crippen molar-refractivity contribution in [2.75, 3.05) is 0 Å². The zero-order valence-corrected chi connectivity index (χ0v) is 11.9. The van der Waals surface area contributed by atoms with E-state index in [0.717, 1.165) is 24.2 Å². The first-order valence-electron chi connectivity index (χ1n) is 7.14. The summed E-state index contributed by atoms with van der Waals surface area (Å²) >= 11 is 0. The Bertz CT molecular complexity index is 809. The zero-order chi connectivity index (χ0) is 14.2. The van der Waals surface area contributed by atoms with Gasteiger partial charge in [-0.2, -0.15) is 5.10 Å². The molecule has 2 N–H and O–H groups in total. The van der Waals surface area contributed by atoms with E-state index in [0.29, 0.717) is 0 Å². The molecule has 3 aromatic rings. The van der Waals surface area contributed by atoms with Crippen LogP contribution in [-0.2, 0) is 6.42 Å². The van der Waals surface area contributed by atoms with Crippen LogP contribution < -0.4 is 0 Å². The molecular weight excluding hydrogens is 260 g/mol. The summed E-state index contributed by atoms with van der Waals surface area (Å²) < 4.78 is 0. The van der Waals surface area contributed by atoms with Crippen LogP contribution >= 0.6 is 0 Å². The molecular formula is C17H16N4. The Morgan fingerprint density at radius 3 is 2.86 bits per heavy atom. The molecule has 4 heteroatoms. The molecule has 2 aromatic heterocycles. The van der Waals surface area contributed by atoms with Crippen LogP contribution in [0.25, 0.3) is 22.8 Å². The molecule has 4 rings (SSSR count). The molecule has 1 aromatic carbocycles. The summed E-state index contributed by atoms with van der Waals surface area (Å²) in [7, 11) is 0. The molecule has 2 heterocycles. The molecule has 0 fully saturated rings. The van der Waals surface area contributed by atoms with Gasteiger partial charge in [-0.05, 0) is 54.2 Å². The van der Waals surface area contributed by atoms with Gasteiger partial charge in [-0.25, -0.2) is 4.98 Å². The van der Waals surface area contributed by atoms with E-state index in [9.17, 15) is 0 Å². The summed E-state index contributed by atoms with van der Waals surface area (Å²) in [6.07, 6.45) is 9.86. The van der Waals surface area contributed by atoms with Crippen LogP contribution in [0.5, 0.6) is 0 Å². The van der Waals surface area contributed by atoms with E-state index < -0.39 is 0 Å². The minimum atomic E-state index is 1.06. The molecule has 104 valence electrons. The van der Waals surface area contributed by atoms with Crippen LogP contribution in [0.1, 0.15) is 28.9 Å². The van der Waals surface area contributed by atoms with E-state index in [1.165, 1.54) is 27.8 Å². The largest absolute Gasteiger partial charge is 0.345 e. The second kappa shape index (κ2) is 4.74. The van der Waals surface area contributed by atoms with Crippen LogP contribution in [0.3, 0.4) is 0 Å². The van der Waals surface area contributed by atoms with Crippen molar-refractivity contribution in [1.29, 1.82) is 0 Å². The fourth-order valence-electron chi connectivity index (χ4n) is 2.99. The van der Waals surface area contributed by atoms with Crippen molar-refractivity contribution in [3.05, 3.63) is 59.4 Å². The van der Waals surface area contributed by atoms with Gasteiger partial charge in [-0.3, -0.25) is 5.10 Å². The molecule has 0 bridgehead atoms. The normalized spacial score (nSPS) is 15.6. The van der Waals surface area contributed by atoms with Crippen molar-refractivity contribution in [2.24, 2.45) is 0 Å². The topological polar surface area (TPSA) is 57.4 Å². The highest BCUT2D eigenvalue weighted by Crippen LogP contribution is 2.36. The lowest BCUT2D eigenvalue weighted by atomic mass is 9.99. The Morgan fingerprint density at radius 1 is 1.14 bits per heavy atom. The molecule has 0 spiro atoms. The van der Waals surface area contributed by atoms with Crippen LogP contribution in [-0.4, -0.2) is 20.2 Å². The highest BCUT2D eigenvalue weighted by Gasteiger charge is 2.17. The van der Waals surface area contributed by atoms with Crippen molar-refractivity contribution in [3.8, 4) is 11.1 Å². The minimum Gasteiger partial charge on any atom is -0.345 e. The van der Waals surface area contributed by atoms with Gasteiger partial charge in [-0.15, -0.1) is 0 Å². The Morgan fingerprint density at radius 2 is 2.10 bits per heavy atom. The third kappa shape index (κ3) is 2.09. The van der Waals surface area contributed by atoms with Crippen molar-refractivity contribution in [3.63, 3.8) is 0 Å². The smallest absolute Gasteiger partial charge is 0.0924 e. The summed E-state index contributed by atoms with van der Waals surface area (Å²) in [5.41, 5.74) is 8.70. The lowest BCUT2D eigenvalue weighted by Gasteiger charge is -2.05. The first-order valence-corrected chi connectivity index (χ1v) is 7.14. The average Bonchev–Trinajstić information content (AvgIpc) is 3.21. The van der Waals surface area contributed by atoms with E-state index in [2.05, 4.69) is 51.4 Å². The molecule has 1 aliphatic carbocycles. The van der Waals surface area contributed by atoms with Crippen LogP contribution in [0, 0.1) is 6.92 Å². The molecule has 0 radical (unpaired) electrons. The fourth-order valence-corrected chi connectivity index (χ4v) is 2.99. The second-order valence-corrected chi connectivity index (χ2v) is 5.46. The molecule has 0 unspecified atom stereocenters. The van der Waals surface area contributed by atoms with E-state index in [-0.39, 0.29) is 0 Å². The predicted octanol–water partition coefficient (Wildman–Crippen LogP) is 3.60. The molecule has 0 saturated carbocycles. The number of nitrogens with one attached hydrogen (secondary N) is 2. The predicted molar refractivity (Wildman–Crippen MR) is 83.5 cm³/mol. The molecule has 1 aliphatic rings. The van der Waals surface area contributed by atoms with Gasteiger partial charge in [0.2, 0.25) is 0 Å². The molecule has 0 atom stereocenters. The summed E-state index contributed by atoms with van der Waals surface area (Å²) in [6.45, 7) is 2.05. The summed E-state index contributed by atoms with van der Waals surface area (Å²) in [5, 5.41) is 7.12. The number of aromatic amines is 2. The molecule has 4 nitrogen and oxygen atoms in total. The van der Waals surface area contributed by atoms with Gasteiger partial charge in [0.25, 0.3) is 0 Å². The Labute approximate surface area is 123 Å². The van der Waals surface area contributed by atoms with Gasteiger partial charge in [0, 0.05) is 11.3 Å². The van der Waals surface area contributed by atoms with E-state index in [1.54, 1.807) is 6.33 Å². The monoisotopic (exact) mass is 276 g/mol. The maximum Gasteiger partial charge on any atom is 0.0924 e. The Hall–Kier alpha value is -2.62. The molecule has 0 saturated heterocycles. The number of aryl methyl sites for hydroxylation is 2. The Balaban J connectivity index is 1.79.